The summed E-state index contributed by atoms with van der Waals surface area (Å²) in [5.41, 5.74) is 5.32. The van der Waals surface area contributed by atoms with Gasteiger partial charge >= 0.3 is 6.09 Å². The van der Waals surface area contributed by atoms with E-state index in [1.807, 2.05) is 20.8 Å². The van der Waals surface area contributed by atoms with E-state index < -0.39 is 17.7 Å². The molecule has 0 saturated carbocycles. The highest BCUT2D eigenvalue weighted by atomic mass is 16.4. The van der Waals surface area contributed by atoms with E-state index in [4.69, 9.17) is 5.73 Å². The highest BCUT2D eigenvalue weighted by molar-refractivity contribution is 5.88. The number of carbonyl (C=O) groups excluding carboxylic acids is 1. The van der Waals surface area contributed by atoms with Crippen molar-refractivity contribution in [3.05, 3.63) is 0 Å². The summed E-state index contributed by atoms with van der Waals surface area (Å²) < 4.78 is 0. The Balaban J connectivity index is 2.22. The highest BCUT2D eigenvalue weighted by Crippen LogP contribution is 2.33. The number of hydrogen-bond donors (Lipinski definition) is 2. The van der Waals surface area contributed by atoms with Crippen molar-refractivity contribution in [1.29, 1.82) is 0 Å². The van der Waals surface area contributed by atoms with Crippen molar-refractivity contribution < 1.29 is 14.7 Å². The topological polar surface area (TPSA) is 86.9 Å². The molecule has 0 aliphatic carbocycles. The van der Waals surface area contributed by atoms with Crippen LogP contribution in [-0.2, 0) is 4.79 Å². The fourth-order valence-corrected chi connectivity index (χ4v) is 3.22. The number of piperidine rings is 1. The van der Waals surface area contributed by atoms with E-state index in [1.165, 1.54) is 4.90 Å². The monoisotopic (exact) mass is 269 g/mol. The van der Waals surface area contributed by atoms with Gasteiger partial charge in [-0.1, -0.05) is 0 Å². The molecule has 2 heterocycles. The van der Waals surface area contributed by atoms with Crippen LogP contribution in [0.5, 0.6) is 0 Å². The van der Waals surface area contributed by atoms with E-state index in [9.17, 15) is 14.7 Å². The van der Waals surface area contributed by atoms with Crippen LogP contribution >= 0.6 is 0 Å². The zero-order valence-electron chi connectivity index (χ0n) is 11.8. The first-order chi connectivity index (χ1) is 8.71. The lowest BCUT2D eigenvalue weighted by Crippen LogP contribution is -2.54. The molecule has 2 aliphatic rings. The van der Waals surface area contributed by atoms with Gasteiger partial charge in [0.05, 0.1) is 0 Å². The van der Waals surface area contributed by atoms with E-state index in [-0.39, 0.29) is 18.0 Å². The number of nitrogens with zero attached hydrogens (tertiary/aromatic N) is 2. The van der Waals surface area contributed by atoms with Gasteiger partial charge in [-0.05, 0) is 40.0 Å². The maximum Gasteiger partial charge on any atom is 0.408 e. The minimum absolute atomic E-state index is 0.0202. The number of hydrogen-bond acceptors (Lipinski definition) is 3. The molecule has 19 heavy (non-hydrogen) atoms. The molecule has 2 fully saturated rings. The molecule has 0 aromatic heterocycles. The summed E-state index contributed by atoms with van der Waals surface area (Å²) in [5.74, 6) is -0.0857. The molecule has 2 saturated heterocycles. The van der Waals surface area contributed by atoms with Gasteiger partial charge in [-0.2, -0.15) is 0 Å². The Morgan fingerprint density at radius 3 is 2.58 bits per heavy atom. The Morgan fingerprint density at radius 1 is 1.42 bits per heavy atom. The van der Waals surface area contributed by atoms with Gasteiger partial charge in [0.15, 0.2) is 0 Å². The molecule has 0 bridgehead atoms. The number of nitrogens with two attached hydrogens (primary N) is 1. The van der Waals surface area contributed by atoms with E-state index in [1.54, 1.807) is 4.90 Å². The fourth-order valence-electron chi connectivity index (χ4n) is 3.22. The maximum absolute atomic E-state index is 12.4. The van der Waals surface area contributed by atoms with Gasteiger partial charge in [0.1, 0.15) is 6.04 Å². The largest absolute Gasteiger partial charge is 0.465 e. The standard InChI is InChI=1S/C13H23N3O3/c1-13(2,3)16(12(18)19)10-6-9-5-4-8(14)7-15(9)11(10)17/h8-10H,4-7,14H2,1-3H3,(H,18,19)/t8?,9?,10-/m0/s1. The molecule has 2 amide bonds. The zero-order valence-corrected chi connectivity index (χ0v) is 11.8. The third-order valence-corrected chi connectivity index (χ3v) is 4.05. The van der Waals surface area contributed by atoms with Crippen LogP contribution in [-0.4, -0.2) is 57.1 Å². The maximum atomic E-state index is 12.4. The molecule has 3 atom stereocenters. The second-order valence-corrected chi connectivity index (χ2v) is 6.56. The predicted molar refractivity (Wildman–Crippen MR) is 70.7 cm³/mol. The van der Waals surface area contributed by atoms with Crippen LogP contribution in [0, 0.1) is 0 Å². The second-order valence-electron chi connectivity index (χ2n) is 6.56. The average molecular weight is 269 g/mol. The minimum atomic E-state index is -1.03. The number of carboxylic acid groups (broad SMARTS) is 1. The van der Waals surface area contributed by atoms with Crippen LogP contribution in [0.15, 0.2) is 0 Å². The first kappa shape index (κ1) is 14.1. The molecular formula is C13H23N3O3. The molecule has 6 heteroatoms. The van der Waals surface area contributed by atoms with Crippen molar-refractivity contribution in [3.8, 4) is 0 Å². The lowest BCUT2D eigenvalue weighted by molar-refractivity contribution is -0.135. The molecule has 0 radical (unpaired) electrons. The van der Waals surface area contributed by atoms with Gasteiger partial charge in [0, 0.05) is 24.2 Å². The third kappa shape index (κ3) is 2.54. The van der Waals surface area contributed by atoms with Gasteiger partial charge in [-0.15, -0.1) is 0 Å². The Labute approximate surface area is 113 Å². The Bertz CT molecular complexity index is 391. The van der Waals surface area contributed by atoms with E-state index >= 15 is 0 Å². The van der Waals surface area contributed by atoms with Crippen molar-refractivity contribution in [3.63, 3.8) is 0 Å². The van der Waals surface area contributed by atoms with Gasteiger partial charge in [0.25, 0.3) is 0 Å². The summed E-state index contributed by atoms with van der Waals surface area (Å²) >= 11 is 0. The molecule has 2 rings (SSSR count). The Kier molecular flexibility index (Phi) is 3.47. The van der Waals surface area contributed by atoms with Crippen molar-refractivity contribution >= 4 is 12.0 Å². The average Bonchev–Trinajstić information content (AvgIpc) is 2.54. The number of fused-ring (bicyclic) bond motifs is 1. The highest BCUT2D eigenvalue weighted by Gasteiger charge is 2.48. The van der Waals surface area contributed by atoms with E-state index in [0.717, 1.165) is 12.8 Å². The van der Waals surface area contributed by atoms with Gasteiger partial charge in [-0.3, -0.25) is 9.69 Å². The van der Waals surface area contributed by atoms with Gasteiger partial charge < -0.3 is 15.7 Å². The smallest absolute Gasteiger partial charge is 0.408 e. The SMILES string of the molecule is CC(C)(C)N(C(=O)O)[C@H]1CC2CCC(N)CN2C1=O. The van der Waals surface area contributed by atoms with Crippen LogP contribution in [0.1, 0.15) is 40.0 Å². The van der Waals surface area contributed by atoms with Crippen molar-refractivity contribution in [1.82, 2.24) is 9.80 Å². The summed E-state index contributed by atoms with van der Waals surface area (Å²) in [5, 5.41) is 9.40. The van der Waals surface area contributed by atoms with Crippen molar-refractivity contribution in [2.75, 3.05) is 6.54 Å². The molecule has 108 valence electrons. The van der Waals surface area contributed by atoms with Crippen LogP contribution in [0.2, 0.25) is 0 Å². The quantitative estimate of drug-likeness (QED) is 0.739. The number of rotatable bonds is 1. The number of carbonyl (C=O) groups is 2. The van der Waals surface area contributed by atoms with Crippen LogP contribution < -0.4 is 5.73 Å². The molecule has 0 aromatic rings. The molecule has 0 aromatic carbocycles. The van der Waals surface area contributed by atoms with Crippen LogP contribution in [0.25, 0.3) is 0 Å². The molecule has 3 N–H and O–H groups in total. The fraction of sp³-hybridized carbons (Fsp3) is 0.846. The van der Waals surface area contributed by atoms with E-state index in [0.29, 0.717) is 13.0 Å². The first-order valence-electron chi connectivity index (χ1n) is 6.80. The summed E-state index contributed by atoms with van der Waals surface area (Å²) in [6.07, 6.45) is 1.34. The Hall–Kier alpha value is -1.30. The van der Waals surface area contributed by atoms with Crippen LogP contribution in [0.4, 0.5) is 4.79 Å². The van der Waals surface area contributed by atoms with Crippen LogP contribution in [0.3, 0.4) is 0 Å². The normalized spacial score (nSPS) is 31.3. The second kappa shape index (κ2) is 4.67. The zero-order chi connectivity index (χ0) is 14.4. The Morgan fingerprint density at radius 2 is 2.05 bits per heavy atom. The molecule has 2 aliphatic heterocycles. The summed E-state index contributed by atoms with van der Waals surface area (Å²) in [7, 11) is 0. The summed E-state index contributed by atoms with van der Waals surface area (Å²) in [6, 6.07) is -0.388. The lowest BCUT2D eigenvalue weighted by Gasteiger charge is -2.37. The molecule has 2 unspecified atom stereocenters. The lowest BCUT2D eigenvalue weighted by atomic mass is 9.97. The summed E-state index contributed by atoms with van der Waals surface area (Å²) in [4.78, 5) is 27.0. The van der Waals surface area contributed by atoms with Crippen molar-refractivity contribution in [2.45, 2.75) is 63.7 Å². The summed E-state index contributed by atoms with van der Waals surface area (Å²) in [6.45, 7) is 6.00. The number of amides is 2. The van der Waals surface area contributed by atoms with E-state index in [2.05, 4.69) is 0 Å². The van der Waals surface area contributed by atoms with Crippen molar-refractivity contribution in [2.24, 2.45) is 5.73 Å². The van der Waals surface area contributed by atoms with Gasteiger partial charge in [-0.25, -0.2) is 4.79 Å². The first-order valence-corrected chi connectivity index (χ1v) is 6.80. The predicted octanol–water partition coefficient (Wildman–Crippen LogP) is 0.855. The third-order valence-electron chi connectivity index (χ3n) is 4.05. The molecule has 0 spiro atoms. The molecule has 6 nitrogen and oxygen atoms in total. The van der Waals surface area contributed by atoms with Gasteiger partial charge in [0.2, 0.25) is 5.91 Å². The minimum Gasteiger partial charge on any atom is -0.465 e. The molecular weight excluding hydrogens is 246 g/mol.